The van der Waals surface area contributed by atoms with Crippen LogP contribution in [0, 0.1) is 6.92 Å². The summed E-state index contributed by atoms with van der Waals surface area (Å²) in [5.74, 6) is 0.462. The number of fused-ring (bicyclic) bond motifs is 3. The molecule has 1 aliphatic heterocycles. The number of nitrogens with two attached hydrogens (primary N) is 1. The minimum Gasteiger partial charge on any atom is -0.488 e. The quantitative estimate of drug-likeness (QED) is 0.703. The van der Waals surface area contributed by atoms with E-state index in [9.17, 15) is 21.6 Å². The molecule has 3 aromatic rings. The van der Waals surface area contributed by atoms with E-state index in [0.29, 0.717) is 11.3 Å². The lowest BCUT2D eigenvalue weighted by Crippen LogP contribution is -2.13. The Morgan fingerprint density at radius 3 is 2.43 bits per heavy atom. The average molecular weight is 409 g/mol. The number of aromatic nitrogens is 2. The van der Waals surface area contributed by atoms with E-state index in [1.165, 1.54) is 24.3 Å². The zero-order valence-electron chi connectivity index (χ0n) is 14.5. The van der Waals surface area contributed by atoms with Crippen LogP contribution >= 0.6 is 0 Å². The average Bonchev–Trinajstić information content (AvgIpc) is 3.01. The lowest BCUT2D eigenvalue weighted by molar-refractivity contribution is -0.142. The normalized spacial score (nSPS) is 13.6. The third-order valence-electron chi connectivity index (χ3n) is 4.43. The van der Waals surface area contributed by atoms with Crippen LogP contribution in [0.5, 0.6) is 5.75 Å². The number of sulfonamides is 1. The maximum atomic E-state index is 13.5. The molecule has 0 aliphatic carbocycles. The maximum Gasteiger partial charge on any atom is 0.435 e. The fourth-order valence-corrected chi connectivity index (χ4v) is 3.67. The maximum absolute atomic E-state index is 13.5. The van der Waals surface area contributed by atoms with Crippen LogP contribution in [-0.2, 0) is 22.8 Å². The molecule has 0 fully saturated rings. The highest BCUT2D eigenvalue weighted by atomic mass is 32.2. The van der Waals surface area contributed by atoms with Gasteiger partial charge in [0, 0.05) is 11.1 Å². The van der Waals surface area contributed by atoms with Crippen molar-refractivity contribution in [2.24, 2.45) is 5.14 Å². The van der Waals surface area contributed by atoms with Gasteiger partial charge in [0.1, 0.15) is 12.4 Å². The second-order valence-corrected chi connectivity index (χ2v) is 7.97. The van der Waals surface area contributed by atoms with Crippen LogP contribution in [0.3, 0.4) is 0 Å². The van der Waals surface area contributed by atoms with Crippen LogP contribution in [0.4, 0.5) is 13.2 Å². The molecular weight excluding hydrogens is 395 g/mol. The highest BCUT2D eigenvalue weighted by Crippen LogP contribution is 2.44. The summed E-state index contributed by atoms with van der Waals surface area (Å²) < 4.78 is 70.2. The molecule has 0 bridgehead atoms. The fourth-order valence-electron chi connectivity index (χ4n) is 3.15. The Hall–Kier alpha value is -2.85. The Labute approximate surface area is 158 Å². The van der Waals surface area contributed by atoms with Gasteiger partial charge in [0.25, 0.3) is 0 Å². The molecule has 0 radical (unpaired) electrons. The van der Waals surface area contributed by atoms with E-state index in [-0.39, 0.29) is 28.4 Å². The van der Waals surface area contributed by atoms with Crippen LogP contribution in [0.25, 0.3) is 16.9 Å². The van der Waals surface area contributed by atoms with E-state index in [0.717, 1.165) is 10.2 Å². The van der Waals surface area contributed by atoms with Crippen LogP contribution < -0.4 is 9.88 Å². The van der Waals surface area contributed by atoms with E-state index in [1.54, 1.807) is 18.2 Å². The van der Waals surface area contributed by atoms with Crippen molar-refractivity contribution in [2.75, 3.05) is 0 Å². The number of nitrogens with zero attached hydrogens (tertiary/aromatic N) is 2. The summed E-state index contributed by atoms with van der Waals surface area (Å²) in [6, 6.07) is 10.4. The van der Waals surface area contributed by atoms with Gasteiger partial charge in [-0.1, -0.05) is 6.07 Å². The number of aryl methyl sites for hydroxylation is 1. The zero-order valence-corrected chi connectivity index (χ0v) is 15.3. The number of benzene rings is 2. The molecule has 0 saturated carbocycles. The molecule has 0 unspecified atom stereocenters. The molecule has 146 valence electrons. The number of hydrogen-bond donors (Lipinski definition) is 1. The number of alkyl halides is 3. The number of rotatable bonds is 2. The lowest BCUT2D eigenvalue weighted by Gasteiger charge is -2.20. The molecule has 6 nitrogen and oxygen atoms in total. The predicted molar refractivity (Wildman–Crippen MR) is 94.4 cm³/mol. The Morgan fingerprint density at radius 1 is 1.14 bits per heavy atom. The third kappa shape index (κ3) is 3.04. The predicted octanol–water partition coefficient (Wildman–Crippen LogP) is 3.41. The topological polar surface area (TPSA) is 87.2 Å². The van der Waals surface area contributed by atoms with Gasteiger partial charge < -0.3 is 4.74 Å². The smallest absolute Gasteiger partial charge is 0.435 e. The highest BCUT2D eigenvalue weighted by Gasteiger charge is 2.41. The summed E-state index contributed by atoms with van der Waals surface area (Å²) in [6.45, 7) is 1.58. The minimum atomic E-state index is -4.67. The Kier molecular flexibility index (Phi) is 4.02. The molecule has 0 saturated heterocycles. The minimum absolute atomic E-state index is 0.0700. The van der Waals surface area contributed by atoms with Crippen molar-refractivity contribution in [3.63, 3.8) is 0 Å². The first-order valence-corrected chi connectivity index (χ1v) is 9.66. The van der Waals surface area contributed by atoms with Crippen molar-refractivity contribution < 1.29 is 26.3 Å². The molecule has 0 spiro atoms. The van der Waals surface area contributed by atoms with Crippen molar-refractivity contribution in [3.8, 4) is 22.7 Å². The largest absolute Gasteiger partial charge is 0.488 e. The van der Waals surface area contributed by atoms with E-state index in [1.807, 2.05) is 6.92 Å². The monoisotopic (exact) mass is 409 g/mol. The number of hydrogen-bond acceptors (Lipinski definition) is 4. The van der Waals surface area contributed by atoms with Gasteiger partial charge in [-0.2, -0.15) is 18.3 Å². The zero-order chi connectivity index (χ0) is 20.3. The van der Waals surface area contributed by atoms with E-state index >= 15 is 0 Å². The van der Waals surface area contributed by atoms with Crippen LogP contribution in [-0.4, -0.2) is 18.2 Å². The molecule has 1 aliphatic rings. The van der Waals surface area contributed by atoms with Crippen LogP contribution in [0.2, 0.25) is 0 Å². The Balaban J connectivity index is 1.96. The summed E-state index contributed by atoms with van der Waals surface area (Å²) in [5, 5.41) is 8.86. The summed E-state index contributed by atoms with van der Waals surface area (Å²) >= 11 is 0. The third-order valence-corrected chi connectivity index (χ3v) is 5.36. The second kappa shape index (κ2) is 6.08. The van der Waals surface area contributed by atoms with Gasteiger partial charge in [-0.05, 0) is 48.9 Å². The van der Waals surface area contributed by atoms with Gasteiger partial charge in [-0.3, -0.25) is 0 Å². The standard InChI is InChI=1S/C18H14F3N3O3S/c1-10-2-7-13-15(8-10)27-9-14-16(13)24(23-17(14)18(19,20)21)11-3-5-12(6-4-11)28(22,25)26/h2-8H,9H2,1H3,(H2,22,25,26). The van der Waals surface area contributed by atoms with Crippen LogP contribution in [0.1, 0.15) is 16.8 Å². The van der Waals surface area contributed by atoms with E-state index < -0.39 is 21.9 Å². The van der Waals surface area contributed by atoms with Crippen molar-refractivity contribution in [2.45, 2.75) is 24.6 Å². The van der Waals surface area contributed by atoms with Crippen LogP contribution in [0.15, 0.2) is 47.4 Å². The van der Waals surface area contributed by atoms with Gasteiger partial charge in [-0.25, -0.2) is 18.2 Å². The molecule has 10 heteroatoms. The Bertz CT molecular complexity index is 1180. The van der Waals surface area contributed by atoms with Gasteiger partial charge in [0.15, 0.2) is 5.69 Å². The molecule has 2 N–H and O–H groups in total. The molecule has 2 heterocycles. The molecule has 1 aromatic heterocycles. The SMILES string of the molecule is Cc1ccc2c(c1)OCc1c(C(F)(F)F)nn(-c3ccc(S(N)(=O)=O)cc3)c1-2. The highest BCUT2D eigenvalue weighted by molar-refractivity contribution is 7.89. The van der Waals surface area contributed by atoms with Crippen molar-refractivity contribution in [1.82, 2.24) is 9.78 Å². The number of ether oxygens (including phenoxy) is 1. The molecular formula is C18H14F3N3O3S. The lowest BCUT2D eigenvalue weighted by atomic mass is 10.0. The molecule has 0 atom stereocenters. The van der Waals surface area contributed by atoms with Gasteiger partial charge in [0.2, 0.25) is 10.0 Å². The van der Waals surface area contributed by atoms with Crippen molar-refractivity contribution >= 4 is 10.0 Å². The van der Waals surface area contributed by atoms with Gasteiger partial charge in [-0.15, -0.1) is 0 Å². The van der Waals surface area contributed by atoms with E-state index in [4.69, 9.17) is 9.88 Å². The summed E-state index contributed by atoms with van der Waals surface area (Å²) in [5.41, 5.74) is 0.806. The first-order chi connectivity index (χ1) is 13.1. The van der Waals surface area contributed by atoms with Gasteiger partial charge >= 0.3 is 6.18 Å². The molecule has 28 heavy (non-hydrogen) atoms. The van der Waals surface area contributed by atoms with Crippen molar-refractivity contribution in [3.05, 3.63) is 59.3 Å². The van der Waals surface area contributed by atoms with Crippen molar-refractivity contribution in [1.29, 1.82) is 0 Å². The van der Waals surface area contributed by atoms with Gasteiger partial charge in [0.05, 0.1) is 16.3 Å². The fraction of sp³-hybridized carbons (Fsp3) is 0.167. The van der Waals surface area contributed by atoms with E-state index in [2.05, 4.69) is 5.10 Å². The molecule has 2 aromatic carbocycles. The Morgan fingerprint density at radius 2 is 1.82 bits per heavy atom. The number of halogens is 3. The summed E-state index contributed by atoms with van der Waals surface area (Å²) in [4.78, 5) is -0.146. The second-order valence-electron chi connectivity index (χ2n) is 6.41. The summed E-state index contributed by atoms with van der Waals surface area (Å²) in [6.07, 6.45) is -4.67. The molecule has 4 rings (SSSR count). The molecule has 0 amide bonds. The first-order valence-electron chi connectivity index (χ1n) is 8.12. The number of primary sulfonamides is 1. The first kappa shape index (κ1) is 18.5. The summed E-state index contributed by atoms with van der Waals surface area (Å²) in [7, 11) is -3.92.